The van der Waals surface area contributed by atoms with Gasteiger partial charge < -0.3 is 15.5 Å². The van der Waals surface area contributed by atoms with Crippen LogP contribution in [0.4, 0.5) is 11.6 Å². The maximum absolute atomic E-state index is 12.1. The first-order valence-corrected chi connectivity index (χ1v) is 6.97. The lowest BCUT2D eigenvalue weighted by atomic mass is 10.2. The molecule has 2 aromatic rings. The van der Waals surface area contributed by atoms with Crippen molar-refractivity contribution in [2.45, 2.75) is 0 Å². The summed E-state index contributed by atoms with van der Waals surface area (Å²) in [6, 6.07) is 10.9. The van der Waals surface area contributed by atoms with Crippen molar-refractivity contribution in [3.63, 3.8) is 0 Å². The van der Waals surface area contributed by atoms with Crippen LogP contribution in [0.2, 0.25) is 0 Å². The molecular formula is C15H17N5O. The summed E-state index contributed by atoms with van der Waals surface area (Å²) < 4.78 is 0. The summed E-state index contributed by atoms with van der Waals surface area (Å²) in [5, 5.41) is 6.10. The predicted molar refractivity (Wildman–Crippen MR) is 81.5 cm³/mol. The molecule has 0 aliphatic carbocycles. The van der Waals surface area contributed by atoms with Crippen LogP contribution >= 0.6 is 0 Å². The Morgan fingerprint density at radius 3 is 2.67 bits per heavy atom. The van der Waals surface area contributed by atoms with Crippen LogP contribution in [0.25, 0.3) is 0 Å². The molecule has 1 fully saturated rings. The molecule has 1 amide bonds. The van der Waals surface area contributed by atoms with E-state index in [4.69, 9.17) is 0 Å². The van der Waals surface area contributed by atoms with Crippen LogP contribution in [-0.2, 0) is 0 Å². The normalized spacial score (nSPS) is 14.8. The lowest BCUT2D eigenvalue weighted by molar-refractivity contribution is 0.102. The Bertz CT molecular complexity index is 610. The van der Waals surface area contributed by atoms with E-state index in [2.05, 4.69) is 25.5 Å². The van der Waals surface area contributed by atoms with Crippen LogP contribution in [0.15, 0.2) is 42.7 Å². The molecule has 0 atom stereocenters. The van der Waals surface area contributed by atoms with E-state index in [0.717, 1.165) is 32.0 Å². The van der Waals surface area contributed by atoms with Crippen molar-refractivity contribution in [3.05, 3.63) is 48.3 Å². The van der Waals surface area contributed by atoms with Crippen molar-refractivity contribution in [3.8, 4) is 0 Å². The Labute approximate surface area is 123 Å². The smallest absolute Gasteiger partial charge is 0.256 e. The zero-order valence-electron chi connectivity index (χ0n) is 11.6. The average Bonchev–Trinajstić information content (AvgIpc) is 2.57. The maximum Gasteiger partial charge on any atom is 0.256 e. The van der Waals surface area contributed by atoms with Gasteiger partial charge in [0.15, 0.2) is 0 Å². The highest BCUT2D eigenvalue weighted by atomic mass is 16.1. The number of piperazine rings is 1. The van der Waals surface area contributed by atoms with E-state index in [-0.39, 0.29) is 5.91 Å². The summed E-state index contributed by atoms with van der Waals surface area (Å²) in [6.07, 6.45) is 1.48. The third-order valence-corrected chi connectivity index (χ3v) is 3.37. The van der Waals surface area contributed by atoms with Gasteiger partial charge in [-0.2, -0.15) is 0 Å². The second-order valence-electron chi connectivity index (χ2n) is 4.82. The molecule has 108 valence electrons. The molecule has 1 aromatic carbocycles. The predicted octanol–water partition coefficient (Wildman–Crippen LogP) is 1.14. The number of amides is 1. The maximum atomic E-state index is 12.1. The molecule has 21 heavy (non-hydrogen) atoms. The molecule has 6 nitrogen and oxygen atoms in total. The fourth-order valence-corrected chi connectivity index (χ4v) is 2.26. The Morgan fingerprint density at radius 1 is 1.14 bits per heavy atom. The van der Waals surface area contributed by atoms with Gasteiger partial charge in [-0.15, -0.1) is 0 Å². The van der Waals surface area contributed by atoms with E-state index in [1.54, 1.807) is 12.1 Å². The highest BCUT2D eigenvalue weighted by Gasteiger charge is 2.13. The SMILES string of the molecule is O=C(Nc1cc(N2CCNCC2)ncn1)c1ccccc1. The van der Waals surface area contributed by atoms with Gasteiger partial charge in [0.2, 0.25) is 0 Å². The first-order valence-electron chi connectivity index (χ1n) is 6.97. The van der Waals surface area contributed by atoms with Crippen LogP contribution in [-0.4, -0.2) is 42.1 Å². The van der Waals surface area contributed by atoms with Gasteiger partial charge in [-0.05, 0) is 12.1 Å². The van der Waals surface area contributed by atoms with Crippen molar-refractivity contribution in [1.82, 2.24) is 15.3 Å². The average molecular weight is 283 g/mol. The van der Waals surface area contributed by atoms with Crippen LogP contribution in [0.5, 0.6) is 0 Å². The second-order valence-corrected chi connectivity index (χ2v) is 4.82. The summed E-state index contributed by atoms with van der Waals surface area (Å²) in [6.45, 7) is 3.69. The van der Waals surface area contributed by atoms with Crippen molar-refractivity contribution in [2.75, 3.05) is 36.4 Å². The Morgan fingerprint density at radius 2 is 1.90 bits per heavy atom. The minimum atomic E-state index is -0.166. The van der Waals surface area contributed by atoms with E-state index in [1.165, 1.54) is 6.33 Å². The van der Waals surface area contributed by atoms with Crippen molar-refractivity contribution >= 4 is 17.5 Å². The lowest BCUT2D eigenvalue weighted by Gasteiger charge is -2.28. The number of anilines is 2. The molecule has 1 saturated heterocycles. The minimum Gasteiger partial charge on any atom is -0.354 e. The van der Waals surface area contributed by atoms with Gasteiger partial charge >= 0.3 is 0 Å². The molecule has 1 aliphatic heterocycles. The number of rotatable bonds is 3. The number of carbonyl (C=O) groups excluding carboxylic acids is 1. The molecule has 3 rings (SSSR count). The van der Waals surface area contributed by atoms with Gasteiger partial charge in [0, 0.05) is 37.8 Å². The van der Waals surface area contributed by atoms with Crippen molar-refractivity contribution in [2.24, 2.45) is 0 Å². The highest BCUT2D eigenvalue weighted by Crippen LogP contribution is 2.15. The molecule has 1 aliphatic rings. The van der Waals surface area contributed by atoms with Crippen molar-refractivity contribution in [1.29, 1.82) is 0 Å². The van der Waals surface area contributed by atoms with E-state index in [9.17, 15) is 4.79 Å². The van der Waals surface area contributed by atoms with Gasteiger partial charge in [0.1, 0.15) is 18.0 Å². The van der Waals surface area contributed by atoms with Crippen LogP contribution < -0.4 is 15.5 Å². The quantitative estimate of drug-likeness (QED) is 0.884. The van der Waals surface area contributed by atoms with Gasteiger partial charge in [0.25, 0.3) is 5.91 Å². The van der Waals surface area contributed by atoms with Gasteiger partial charge in [0.05, 0.1) is 0 Å². The fourth-order valence-electron chi connectivity index (χ4n) is 2.26. The molecular weight excluding hydrogens is 266 g/mol. The largest absolute Gasteiger partial charge is 0.354 e. The molecule has 0 saturated carbocycles. The summed E-state index contributed by atoms with van der Waals surface area (Å²) in [7, 11) is 0. The number of aromatic nitrogens is 2. The van der Waals surface area contributed by atoms with Gasteiger partial charge in [-0.1, -0.05) is 18.2 Å². The van der Waals surface area contributed by atoms with Crippen LogP contribution in [0, 0.1) is 0 Å². The minimum absolute atomic E-state index is 0.166. The Kier molecular flexibility index (Phi) is 4.07. The number of hydrogen-bond donors (Lipinski definition) is 2. The van der Waals surface area contributed by atoms with Crippen LogP contribution in [0.1, 0.15) is 10.4 Å². The van der Waals surface area contributed by atoms with Gasteiger partial charge in [-0.25, -0.2) is 9.97 Å². The first kappa shape index (κ1) is 13.5. The number of nitrogens with one attached hydrogen (secondary N) is 2. The molecule has 1 aromatic heterocycles. The zero-order valence-corrected chi connectivity index (χ0v) is 11.6. The fraction of sp³-hybridized carbons (Fsp3) is 0.267. The summed E-state index contributed by atoms with van der Waals surface area (Å²) in [5.41, 5.74) is 0.611. The summed E-state index contributed by atoms with van der Waals surface area (Å²) in [5.74, 6) is 1.20. The van der Waals surface area contributed by atoms with Crippen LogP contribution in [0.3, 0.4) is 0 Å². The monoisotopic (exact) mass is 283 g/mol. The van der Waals surface area contributed by atoms with Gasteiger partial charge in [-0.3, -0.25) is 4.79 Å². The molecule has 6 heteroatoms. The number of benzene rings is 1. The van der Waals surface area contributed by atoms with E-state index < -0.39 is 0 Å². The van der Waals surface area contributed by atoms with E-state index in [0.29, 0.717) is 11.4 Å². The molecule has 0 radical (unpaired) electrons. The molecule has 0 spiro atoms. The Balaban J connectivity index is 1.72. The molecule has 0 unspecified atom stereocenters. The third kappa shape index (κ3) is 3.35. The second kappa shape index (κ2) is 6.32. The number of carbonyl (C=O) groups is 1. The lowest BCUT2D eigenvalue weighted by Crippen LogP contribution is -2.43. The number of nitrogens with zero attached hydrogens (tertiary/aromatic N) is 3. The van der Waals surface area contributed by atoms with E-state index >= 15 is 0 Å². The highest BCUT2D eigenvalue weighted by molar-refractivity contribution is 6.03. The van der Waals surface area contributed by atoms with E-state index in [1.807, 2.05) is 24.3 Å². The van der Waals surface area contributed by atoms with Crippen molar-refractivity contribution < 1.29 is 4.79 Å². The zero-order chi connectivity index (χ0) is 14.5. The Hall–Kier alpha value is -2.47. The molecule has 0 bridgehead atoms. The third-order valence-electron chi connectivity index (χ3n) is 3.37. The summed E-state index contributed by atoms with van der Waals surface area (Å²) in [4.78, 5) is 22.7. The molecule has 2 N–H and O–H groups in total. The standard InChI is InChI=1S/C15H17N5O/c21-15(12-4-2-1-3-5-12)19-13-10-14(18-11-17-13)20-8-6-16-7-9-20/h1-5,10-11,16H,6-9H2,(H,17,18,19,21). The topological polar surface area (TPSA) is 70.2 Å². The summed E-state index contributed by atoms with van der Waals surface area (Å²) >= 11 is 0. The first-order chi connectivity index (χ1) is 10.3. The molecule has 2 heterocycles. The number of hydrogen-bond acceptors (Lipinski definition) is 5.